The Morgan fingerprint density at radius 3 is 2.65 bits per heavy atom. The Morgan fingerprint density at radius 1 is 1.10 bits per heavy atom. The van der Waals surface area contributed by atoms with Gasteiger partial charge in [0, 0.05) is 5.56 Å². The molecule has 20 heavy (non-hydrogen) atoms. The Hall–Kier alpha value is -1.63. The molecule has 2 heterocycles. The zero-order valence-electron chi connectivity index (χ0n) is 9.92. The van der Waals surface area contributed by atoms with Crippen molar-refractivity contribution in [2.24, 2.45) is 0 Å². The number of hydrazine groups is 2. The van der Waals surface area contributed by atoms with Crippen molar-refractivity contribution in [1.29, 1.82) is 0 Å². The summed E-state index contributed by atoms with van der Waals surface area (Å²) in [4.78, 5) is 4.12. The highest BCUT2D eigenvalue weighted by Gasteiger charge is 2.23. The second kappa shape index (κ2) is 5.05. The van der Waals surface area contributed by atoms with Crippen molar-refractivity contribution in [3.8, 4) is 0 Å². The lowest BCUT2D eigenvalue weighted by molar-refractivity contribution is 0.576. The molecular formula is C12H8Cl2F2N4. The van der Waals surface area contributed by atoms with E-state index in [1.165, 1.54) is 5.01 Å². The van der Waals surface area contributed by atoms with Gasteiger partial charge >= 0.3 is 0 Å². The minimum Gasteiger partial charge on any atom is -0.300 e. The zero-order valence-corrected chi connectivity index (χ0v) is 11.4. The van der Waals surface area contributed by atoms with E-state index in [1.54, 1.807) is 12.1 Å². The summed E-state index contributed by atoms with van der Waals surface area (Å²) in [7, 11) is 0. The van der Waals surface area contributed by atoms with Gasteiger partial charge < -0.3 is 5.43 Å². The van der Waals surface area contributed by atoms with E-state index >= 15 is 0 Å². The van der Waals surface area contributed by atoms with Crippen LogP contribution in [-0.4, -0.2) is 4.98 Å². The van der Waals surface area contributed by atoms with Gasteiger partial charge in [0.1, 0.15) is 16.8 Å². The van der Waals surface area contributed by atoms with Crippen LogP contribution < -0.4 is 16.0 Å². The van der Waals surface area contributed by atoms with Gasteiger partial charge in [-0.1, -0.05) is 23.2 Å². The minimum atomic E-state index is -0.672. The van der Waals surface area contributed by atoms with Crippen LogP contribution in [0.25, 0.3) is 0 Å². The highest BCUT2D eigenvalue weighted by molar-refractivity contribution is 6.31. The van der Waals surface area contributed by atoms with Crippen LogP contribution in [0.4, 0.5) is 20.3 Å². The van der Waals surface area contributed by atoms with Gasteiger partial charge in [-0.2, -0.15) is 0 Å². The first-order valence-corrected chi connectivity index (χ1v) is 6.40. The lowest BCUT2D eigenvalue weighted by atomic mass is 10.2. The molecule has 104 valence electrons. The van der Waals surface area contributed by atoms with E-state index in [2.05, 4.69) is 15.9 Å². The molecule has 1 aliphatic rings. The number of fused-ring (bicyclic) bond motifs is 1. The van der Waals surface area contributed by atoms with Crippen molar-refractivity contribution >= 4 is 34.7 Å². The van der Waals surface area contributed by atoms with Crippen LogP contribution in [0.15, 0.2) is 24.3 Å². The summed E-state index contributed by atoms with van der Waals surface area (Å²) in [6.45, 7) is -0.00420. The van der Waals surface area contributed by atoms with Crippen LogP contribution in [0.2, 0.25) is 10.2 Å². The van der Waals surface area contributed by atoms with Gasteiger partial charge in [-0.15, -0.1) is 5.53 Å². The largest absolute Gasteiger partial charge is 0.300 e. The van der Waals surface area contributed by atoms with Gasteiger partial charge in [-0.3, -0.25) is 5.01 Å². The molecule has 2 N–H and O–H groups in total. The van der Waals surface area contributed by atoms with Crippen molar-refractivity contribution in [2.75, 3.05) is 10.4 Å². The molecule has 1 aromatic carbocycles. The monoisotopic (exact) mass is 316 g/mol. The zero-order chi connectivity index (χ0) is 14.3. The number of nitrogens with zero attached hydrogens (tertiary/aromatic N) is 2. The number of benzene rings is 1. The maximum atomic E-state index is 13.8. The van der Waals surface area contributed by atoms with Crippen molar-refractivity contribution in [3.05, 3.63) is 51.6 Å². The van der Waals surface area contributed by atoms with E-state index in [0.717, 1.165) is 12.1 Å². The van der Waals surface area contributed by atoms with Gasteiger partial charge in [0.2, 0.25) is 0 Å². The predicted octanol–water partition coefficient (Wildman–Crippen LogP) is 3.52. The Balaban J connectivity index is 1.95. The Morgan fingerprint density at radius 2 is 1.85 bits per heavy atom. The lowest BCUT2D eigenvalue weighted by Gasteiger charge is -2.18. The maximum Gasteiger partial charge on any atom is 0.171 e. The van der Waals surface area contributed by atoms with E-state index in [9.17, 15) is 8.78 Å². The summed E-state index contributed by atoms with van der Waals surface area (Å²) in [5, 5.41) is 1.54. The maximum absolute atomic E-state index is 13.8. The molecule has 2 aromatic rings. The van der Waals surface area contributed by atoms with Gasteiger partial charge in [0.15, 0.2) is 5.82 Å². The summed E-state index contributed by atoms with van der Waals surface area (Å²) in [6, 6.07) is 5.36. The summed E-state index contributed by atoms with van der Waals surface area (Å²) in [5.41, 5.74) is 6.35. The first-order valence-electron chi connectivity index (χ1n) is 5.64. The van der Waals surface area contributed by atoms with Crippen molar-refractivity contribution in [3.63, 3.8) is 0 Å². The molecule has 0 saturated heterocycles. The third kappa shape index (κ3) is 2.26. The van der Waals surface area contributed by atoms with E-state index in [4.69, 9.17) is 23.2 Å². The summed E-state index contributed by atoms with van der Waals surface area (Å²) in [6.07, 6.45) is 0. The normalized spacial score (nSPS) is 13.3. The quantitative estimate of drug-likeness (QED) is 0.657. The number of hydrogen-bond acceptors (Lipinski definition) is 4. The van der Waals surface area contributed by atoms with Gasteiger partial charge in [-0.05, 0) is 24.3 Å². The SMILES string of the molecule is Fc1ccc(F)c(CN2NNc3ccc(Cl)nc32)c1Cl. The van der Waals surface area contributed by atoms with E-state index in [1.807, 2.05) is 0 Å². The third-order valence-electron chi connectivity index (χ3n) is 2.88. The molecule has 4 nitrogen and oxygen atoms in total. The van der Waals surface area contributed by atoms with Crippen LogP contribution in [0.5, 0.6) is 0 Å². The number of pyridine rings is 1. The highest BCUT2D eigenvalue weighted by atomic mass is 35.5. The highest BCUT2D eigenvalue weighted by Crippen LogP contribution is 2.31. The number of halogens is 4. The molecule has 0 aliphatic carbocycles. The van der Waals surface area contributed by atoms with Gasteiger partial charge in [0.05, 0.1) is 17.3 Å². The van der Waals surface area contributed by atoms with Crippen LogP contribution in [0.3, 0.4) is 0 Å². The van der Waals surface area contributed by atoms with E-state index in [0.29, 0.717) is 16.7 Å². The molecule has 0 amide bonds. The minimum absolute atomic E-state index is 0.00420. The lowest BCUT2D eigenvalue weighted by Crippen LogP contribution is -2.36. The van der Waals surface area contributed by atoms with E-state index < -0.39 is 11.6 Å². The molecule has 1 aliphatic heterocycles. The fourth-order valence-corrected chi connectivity index (χ4v) is 2.25. The standard InChI is InChI=1S/C12H8Cl2F2N4/c13-10-4-3-9-12(17-10)20(19-18-9)5-6-7(15)1-2-8(16)11(6)14/h1-4,18-19H,5H2. The van der Waals surface area contributed by atoms with Crippen molar-refractivity contribution in [2.45, 2.75) is 6.54 Å². The second-order valence-electron chi connectivity index (χ2n) is 4.15. The van der Waals surface area contributed by atoms with Crippen molar-refractivity contribution < 1.29 is 8.78 Å². The molecular weight excluding hydrogens is 309 g/mol. The molecule has 3 rings (SSSR count). The summed E-state index contributed by atoms with van der Waals surface area (Å²) in [5.74, 6) is -0.777. The number of nitrogens with one attached hydrogen (secondary N) is 2. The number of aromatic nitrogens is 1. The first-order chi connectivity index (χ1) is 9.56. The fourth-order valence-electron chi connectivity index (χ4n) is 1.90. The molecule has 0 radical (unpaired) electrons. The molecule has 0 atom stereocenters. The Kier molecular flexibility index (Phi) is 3.37. The Labute approximate surface area is 123 Å². The van der Waals surface area contributed by atoms with Crippen LogP contribution in [0, 0.1) is 11.6 Å². The number of anilines is 2. The molecule has 8 heteroatoms. The van der Waals surface area contributed by atoms with Gasteiger partial charge in [0.25, 0.3) is 0 Å². The molecule has 0 saturated carbocycles. The summed E-state index contributed by atoms with van der Waals surface area (Å²) < 4.78 is 27.2. The molecule has 0 fully saturated rings. The Bertz CT molecular complexity index is 681. The molecule has 0 spiro atoms. The average molecular weight is 317 g/mol. The van der Waals surface area contributed by atoms with Gasteiger partial charge in [-0.25, -0.2) is 13.8 Å². The summed E-state index contributed by atoms with van der Waals surface area (Å²) >= 11 is 11.6. The molecule has 0 bridgehead atoms. The average Bonchev–Trinajstić information content (AvgIpc) is 2.81. The van der Waals surface area contributed by atoms with Crippen molar-refractivity contribution in [1.82, 2.24) is 10.5 Å². The predicted molar refractivity (Wildman–Crippen MR) is 73.6 cm³/mol. The topological polar surface area (TPSA) is 40.2 Å². The van der Waals surface area contributed by atoms with Crippen LogP contribution >= 0.6 is 23.2 Å². The molecule has 0 unspecified atom stereocenters. The number of hydrogen-bond donors (Lipinski definition) is 2. The van der Waals surface area contributed by atoms with E-state index in [-0.39, 0.29) is 17.1 Å². The third-order valence-corrected chi connectivity index (χ3v) is 3.50. The number of rotatable bonds is 2. The second-order valence-corrected chi connectivity index (χ2v) is 4.92. The molecule has 1 aromatic heterocycles. The smallest absolute Gasteiger partial charge is 0.171 e. The van der Waals surface area contributed by atoms with Crippen LogP contribution in [0.1, 0.15) is 5.56 Å². The first kappa shape index (κ1) is 13.4. The fraction of sp³-hybridized carbons (Fsp3) is 0.0833. The van der Waals surface area contributed by atoms with Crippen LogP contribution in [-0.2, 0) is 6.54 Å².